The third kappa shape index (κ3) is 15.2. The van der Waals surface area contributed by atoms with Gasteiger partial charge < -0.3 is 24.6 Å². The van der Waals surface area contributed by atoms with E-state index >= 15 is 0 Å². The minimum Gasteiger partial charge on any atom is -0.544 e. The second-order valence-electron chi connectivity index (χ2n) is 7.58. The average Bonchev–Trinajstić information content (AvgIpc) is 2.57. The third-order valence-corrected chi connectivity index (χ3v) is 4.78. The molecule has 0 aliphatic carbocycles. The van der Waals surface area contributed by atoms with Crippen LogP contribution in [0.25, 0.3) is 0 Å². The van der Waals surface area contributed by atoms with Gasteiger partial charge in [0.1, 0.15) is 6.54 Å². The average molecular weight is 400 g/mol. The maximum absolute atomic E-state index is 11.1. The molecule has 0 unspecified atom stereocenters. The molecule has 162 valence electrons. The number of carboxylic acid groups (broad SMARTS) is 3. The van der Waals surface area contributed by atoms with Crippen LogP contribution in [0.15, 0.2) is 12.2 Å². The van der Waals surface area contributed by atoms with E-state index < -0.39 is 42.0 Å². The first-order chi connectivity index (χ1) is 13.3. The van der Waals surface area contributed by atoms with Gasteiger partial charge in [-0.05, 0) is 32.1 Å². The minimum atomic E-state index is -1.42. The first-order valence-electron chi connectivity index (χ1n) is 10.4. The van der Waals surface area contributed by atoms with Gasteiger partial charge in [0.15, 0.2) is 13.1 Å². The Kier molecular flexibility index (Phi) is 15.0. The predicted octanol–water partition coefficient (Wildman–Crippen LogP) is 2.59. The smallest absolute Gasteiger partial charge is 0.359 e. The SMILES string of the molecule is CCC/C=C/CCCCCCCCCC[N+](CC(=O)[O-])(CC(=O)O)CC(=O)O. The summed E-state index contributed by atoms with van der Waals surface area (Å²) in [6.45, 7) is 0.757. The summed E-state index contributed by atoms with van der Waals surface area (Å²) >= 11 is 0. The number of nitrogens with zero attached hydrogens (tertiary/aromatic N) is 1. The second-order valence-corrected chi connectivity index (χ2v) is 7.58. The van der Waals surface area contributed by atoms with Crippen molar-refractivity contribution in [3.05, 3.63) is 12.2 Å². The van der Waals surface area contributed by atoms with Crippen LogP contribution in [0.1, 0.15) is 77.6 Å². The van der Waals surface area contributed by atoms with E-state index in [1.54, 1.807) is 0 Å². The number of carbonyl (C=O) groups excluding carboxylic acids is 1. The zero-order valence-corrected chi connectivity index (χ0v) is 17.2. The van der Waals surface area contributed by atoms with Gasteiger partial charge in [-0.25, -0.2) is 9.59 Å². The van der Waals surface area contributed by atoms with Crippen LogP contribution in [0.3, 0.4) is 0 Å². The molecule has 0 heterocycles. The molecule has 7 nitrogen and oxygen atoms in total. The summed E-state index contributed by atoms with van der Waals surface area (Å²) in [5.74, 6) is -3.83. The van der Waals surface area contributed by atoms with Gasteiger partial charge in [0.05, 0.1) is 12.5 Å². The van der Waals surface area contributed by atoms with Crippen molar-refractivity contribution in [1.29, 1.82) is 0 Å². The summed E-state index contributed by atoms with van der Waals surface area (Å²) in [5.41, 5.74) is 0. The normalized spacial score (nSPS) is 11.8. The van der Waals surface area contributed by atoms with Crippen LogP contribution in [0.4, 0.5) is 0 Å². The Balaban J connectivity index is 4.05. The maximum Gasteiger partial charge on any atom is 0.359 e. The topological polar surface area (TPSA) is 115 Å². The molecule has 7 heteroatoms. The van der Waals surface area contributed by atoms with Gasteiger partial charge in [-0.2, -0.15) is 0 Å². The number of carbonyl (C=O) groups is 3. The van der Waals surface area contributed by atoms with Crippen molar-refractivity contribution in [1.82, 2.24) is 0 Å². The fourth-order valence-electron chi connectivity index (χ4n) is 3.43. The molecule has 0 aliphatic heterocycles. The number of allylic oxidation sites excluding steroid dienone is 2. The van der Waals surface area contributed by atoms with E-state index in [-0.39, 0.29) is 6.54 Å². The van der Waals surface area contributed by atoms with Crippen LogP contribution in [0.5, 0.6) is 0 Å². The number of unbranched alkanes of at least 4 members (excludes halogenated alkanes) is 9. The summed E-state index contributed by atoms with van der Waals surface area (Å²) in [7, 11) is 0. The van der Waals surface area contributed by atoms with Crippen LogP contribution >= 0.6 is 0 Å². The van der Waals surface area contributed by atoms with Gasteiger partial charge in [-0.15, -0.1) is 0 Å². The highest BCUT2D eigenvalue weighted by Crippen LogP contribution is 2.14. The van der Waals surface area contributed by atoms with Crippen molar-refractivity contribution in [2.75, 3.05) is 26.2 Å². The van der Waals surface area contributed by atoms with E-state index in [1.165, 1.54) is 25.7 Å². The van der Waals surface area contributed by atoms with Crippen LogP contribution in [-0.2, 0) is 14.4 Å². The lowest BCUT2D eigenvalue weighted by Crippen LogP contribution is -2.59. The molecule has 0 aromatic rings. The molecule has 0 aromatic carbocycles. The number of aliphatic carboxylic acids is 3. The molecule has 2 N–H and O–H groups in total. The highest BCUT2D eigenvalue weighted by molar-refractivity contribution is 5.72. The molecule has 0 rings (SSSR count). The molecule has 0 saturated carbocycles. The van der Waals surface area contributed by atoms with Gasteiger partial charge in [0.2, 0.25) is 0 Å². The maximum atomic E-state index is 11.1. The summed E-state index contributed by atoms with van der Waals surface area (Å²) in [6, 6.07) is 0. The molecule has 0 saturated heterocycles. The van der Waals surface area contributed by atoms with Crippen LogP contribution in [-0.4, -0.2) is 58.8 Å². The fourth-order valence-corrected chi connectivity index (χ4v) is 3.43. The Bertz CT molecular complexity index is 448. The Labute approximate surface area is 168 Å². The van der Waals surface area contributed by atoms with Gasteiger partial charge in [0.25, 0.3) is 0 Å². The Morgan fingerprint density at radius 2 is 1.21 bits per heavy atom. The Morgan fingerprint density at radius 1 is 0.750 bits per heavy atom. The van der Waals surface area contributed by atoms with Gasteiger partial charge in [-0.1, -0.05) is 57.6 Å². The van der Waals surface area contributed by atoms with Gasteiger partial charge in [0, 0.05) is 0 Å². The quantitative estimate of drug-likeness (QED) is 0.196. The van der Waals surface area contributed by atoms with E-state index in [2.05, 4.69) is 19.1 Å². The van der Waals surface area contributed by atoms with E-state index in [0.29, 0.717) is 6.42 Å². The summed E-state index contributed by atoms with van der Waals surface area (Å²) < 4.78 is -0.501. The van der Waals surface area contributed by atoms with E-state index in [0.717, 1.165) is 38.5 Å². The highest BCUT2D eigenvalue weighted by Gasteiger charge is 2.33. The monoisotopic (exact) mass is 399 g/mol. The van der Waals surface area contributed by atoms with Crippen LogP contribution in [0.2, 0.25) is 0 Å². The van der Waals surface area contributed by atoms with E-state index in [9.17, 15) is 19.5 Å². The molecule has 0 aromatic heterocycles. The molecule has 0 aliphatic rings. The predicted molar refractivity (Wildman–Crippen MR) is 106 cm³/mol. The standard InChI is InChI=1S/C21H37NO6/c1-2-3-4-5-6-7-8-9-10-11-12-13-14-15-22(16-19(23)24,17-20(25)26)18-21(27)28/h4-5H,2-3,6-18H2,1H3,(H2-,23,24,25,26,27,28)/b5-4+. The van der Waals surface area contributed by atoms with E-state index in [1.807, 2.05) is 0 Å². The third-order valence-electron chi connectivity index (χ3n) is 4.78. The summed E-state index contributed by atoms with van der Waals surface area (Å²) in [4.78, 5) is 33.2. The lowest BCUT2D eigenvalue weighted by Gasteiger charge is -2.36. The fraction of sp³-hybridized carbons (Fsp3) is 0.762. The lowest BCUT2D eigenvalue weighted by atomic mass is 10.1. The Hall–Kier alpha value is -1.89. The van der Waals surface area contributed by atoms with Crippen LogP contribution in [0, 0.1) is 0 Å². The van der Waals surface area contributed by atoms with Gasteiger partial charge >= 0.3 is 11.9 Å². The first-order valence-corrected chi connectivity index (χ1v) is 10.4. The number of hydrogen-bond acceptors (Lipinski definition) is 4. The second kappa shape index (κ2) is 16.1. The number of carboxylic acids is 3. The summed E-state index contributed by atoms with van der Waals surface area (Å²) in [6.07, 6.45) is 16.3. The first kappa shape index (κ1) is 26.1. The molecule has 0 bridgehead atoms. The molecule has 0 fully saturated rings. The van der Waals surface area contributed by atoms with Crippen molar-refractivity contribution in [3.8, 4) is 0 Å². The molecule has 0 amide bonds. The molecule has 0 atom stereocenters. The van der Waals surface area contributed by atoms with Crippen molar-refractivity contribution in [3.63, 3.8) is 0 Å². The molecule has 0 radical (unpaired) electrons. The number of rotatable bonds is 19. The van der Waals surface area contributed by atoms with Crippen molar-refractivity contribution in [2.45, 2.75) is 77.6 Å². The zero-order chi connectivity index (χ0) is 21.3. The zero-order valence-electron chi connectivity index (χ0n) is 17.2. The minimum absolute atomic E-state index is 0.219. The van der Waals surface area contributed by atoms with Crippen molar-refractivity contribution >= 4 is 17.9 Å². The summed E-state index contributed by atoms with van der Waals surface area (Å²) in [5, 5.41) is 29.1. The highest BCUT2D eigenvalue weighted by atomic mass is 16.4. The van der Waals surface area contributed by atoms with Crippen molar-refractivity contribution in [2.24, 2.45) is 0 Å². The molecule has 28 heavy (non-hydrogen) atoms. The van der Waals surface area contributed by atoms with Crippen LogP contribution < -0.4 is 5.11 Å². The number of hydrogen-bond donors (Lipinski definition) is 2. The molecular formula is C21H37NO6. The molecular weight excluding hydrogens is 362 g/mol. The lowest BCUT2D eigenvalue weighted by molar-refractivity contribution is -0.909. The molecule has 0 spiro atoms. The Morgan fingerprint density at radius 3 is 1.68 bits per heavy atom. The van der Waals surface area contributed by atoms with E-state index in [4.69, 9.17) is 10.2 Å². The van der Waals surface area contributed by atoms with Crippen molar-refractivity contribution < 1.29 is 34.2 Å². The largest absolute Gasteiger partial charge is 0.544 e. The number of quaternary nitrogens is 1. The van der Waals surface area contributed by atoms with Gasteiger partial charge in [-0.3, -0.25) is 0 Å².